The Bertz CT molecular complexity index is 1200. The first kappa shape index (κ1) is 16.7. The van der Waals surface area contributed by atoms with Crippen LogP contribution in [-0.2, 0) is 6.61 Å². The molecule has 0 spiro atoms. The average molecular weight is 389 g/mol. The van der Waals surface area contributed by atoms with Gasteiger partial charge in [-0.05, 0) is 25.1 Å². The third kappa shape index (κ3) is 2.86. The number of nitrogens with zero attached hydrogens (tertiary/aromatic N) is 2. The average Bonchev–Trinajstić information content (AvgIpc) is 3.35. The fraction of sp³-hybridized carbons (Fsp3) is 0.0952. The molecule has 0 radical (unpaired) electrons. The molecule has 0 bridgehead atoms. The molecule has 5 rings (SSSR count). The number of aromatic nitrogens is 2. The fourth-order valence-electron chi connectivity index (χ4n) is 3.20. The van der Waals surface area contributed by atoms with Gasteiger partial charge in [0.1, 0.15) is 12.4 Å². The predicted molar refractivity (Wildman–Crippen MR) is 107 cm³/mol. The van der Waals surface area contributed by atoms with Crippen molar-refractivity contribution in [3.63, 3.8) is 0 Å². The quantitative estimate of drug-likeness (QED) is 0.538. The highest BCUT2D eigenvalue weighted by Crippen LogP contribution is 2.40. The number of para-hydroxylation sites is 1. The molecule has 2 aromatic carbocycles. The highest BCUT2D eigenvalue weighted by atomic mass is 32.1. The fourth-order valence-corrected chi connectivity index (χ4v) is 4.08. The SMILES string of the molecule is Cc1cccc(-c2ocnc2C(=O)Nc2nc3c(s2)COc2ccccc2-3)c1. The van der Waals surface area contributed by atoms with Crippen LogP contribution >= 0.6 is 11.3 Å². The summed E-state index contributed by atoms with van der Waals surface area (Å²) >= 11 is 1.40. The number of ether oxygens (including phenoxy) is 1. The number of rotatable bonds is 3. The number of carbonyl (C=O) groups is 1. The first-order valence-electron chi connectivity index (χ1n) is 8.73. The number of aryl methyl sites for hydroxylation is 1. The summed E-state index contributed by atoms with van der Waals surface area (Å²) in [5.41, 5.74) is 3.90. The van der Waals surface area contributed by atoms with Crippen LogP contribution in [0.3, 0.4) is 0 Å². The van der Waals surface area contributed by atoms with Crippen molar-refractivity contribution in [1.29, 1.82) is 0 Å². The molecule has 7 heteroatoms. The zero-order valence-electron chi connectivity index (χ0n) is 14.9. The van der Waals surface area contributed by atoms with Crippen molar-refractivity contribution >= 4 is 22.4 Å². The molecule has 1 aliphatic rings. The van der Waals surface area contributed by atoms with Gasteiger partial charge in [-0.2, -0.15) is 0 Å². The largest absolute Gasteiger partial charge is 0.487 e. The molecule has 0 aliphatic carbocycles. The van der Waals surface area contributed by atoms with Gasteiger partial charge < -0.3 is 9.15 Å². The normalized spacial score (nSPS) is 12.0. The standard InChI is InChI=1S/C21H15N3O3S/c1-12-5-4-6-13(9-12)19-18(22-11-27-19)20(25)24-21-23-17-14-7-2-3-8-15(14)26-10-16(17)28-21/h2-9,11H,10H2,1H3,(H,23,24,25). The zero-order chi connectivity index (χ0) is 19.1. The van der Waals surface area contributed by atoms with E-state index in [-0.39, 0.29) is 11.6 Å². The molecule has 1 N–H and O–H groups in total. The monoisotopic (exact) mass is 389 g/mol. The molecule has 0 unspecified atom stereocenters. The molecule has 3 heterocycles. The molecular formula is C21H15N3O3S. The van der Waals surface area contributed by atoms with Crippen LogP contribution in [0.1, 0.15) is 20.9 Å². The summed E-state index contributed by atoms with van der Waals surface area (Å²) in [5, 5.41) is 3.36. The van der Waals surface area contributed by atoms with Gasteiger partial charge in [-0.3, -0.25) is 10.1 Å². The van der Waals surface area contributed by atoms with Crippen molar-refractivity contribution in [3.8, 4) is 28.3 Å². The highest BCUT2D eigenvalue weighted by molar-refractivity contribution is 7.16. The van der Waals surface area contributed by atoms with Gasteiger partial charge in [0.05, 0.1) is 10.6 Å². The lowest BCUT2D eigenvalue weighted by atomic mass is 10.1. The van der Waals surface area contributed by atoms with Gasteiger partial charge in [0.25, 0.3) is 5.91 Å². The van der Waals surface area contributed by atoms with Crippen molar-refractivity contribution in [2.24, 2.45) is 0 Å². The number of anilines is 1. The zero-order valence-corrected chi connectivity index (χ0v) is 15.7. The number of benzene rings is 2. The Morgan fingerprint density at radius 2 is 2.07 bits per heavy atom. The number of fused-ring (bicyclic) bond motifs is 3. The molecule has 0 atom stereocenters. The number of amides is 1. The van der Waals surface area contributed by atoms with Gasteiger partial charge in [0, 0.05) is 11.1 Å². The van der Waals surface area contributed by atoms with Crippen molar-refractivity contribution < 1.29 is 13.9 Å². The first-order chi connectivity index (χ1) is 13.7. The molecule has 0 fully saturated rings. The van der Waals surface area contributed by atoms with E-state index in [2.05, 4.69) is 15.3 Å². The topological polar surface area (TPSA) is 77.3 Å². The van der Waals surface area contributed by atoms with Crippen molar-refractivity contribution in [3.05, 3.63) is 71.1 Å². The minimum absolute atomic E-state index is 0.232. The van der Waals surface area contributed by atoms with E-state index in [0.717, 1.165) is 33.0 Å². The predicted octanol–water partition coefficient (Wildman–Crippen LogP) is 4.92. The Labute approximate surface area is 164 Å². The minimum Gasteiger partial charge on any atom is -0.487 e. The smallest absolute Gasteiger partial charge is 0.280 e. The van der Waals surface area contributed by atoms with Crippen LogP contribution < -0.4 is 10.1 Å². The van der Waals surface area contributed by atoms with Gasteiger partial charge in [-0.1, -0.05) is 47.2 Å². The molecule has 1 amide bonds. The van der Waals surface area contributed by atoms with E-state index in [9.17, 15) is 4.79 Å². The maximum atomic E-state index is 12.8. The molecule has 0 saturated heterocycles. The number of hydrogen-bond donors (Lipinski definition) is 1. The van der Waals surface area contributed by atoms with Crippen molar-refractivity contribution in [2.45, 2.75) is 13.5 Å². The summed E-state index contributed by atoms with van der Waals surface area (Å²) in [4.78, 5) is 22.5. The van der Waals surface area contributed by atoms with E-state index in [1.54, 1.807) is 0 Å². The molecular weight excluding hydrogens is 374 g/mol. The number of hydrogen-bond acceptors (Lipinski definition) is 6. The summed E-state index contributed by atoms with van der Waals surface area (Å²) < 4.78 is 11.2. The Hall–Kier alpha value is -3.45. The van der Waals surface area contributed by atoms with Gasteiger partial charge in [-0.15, -0.1) is 0 Å². The molecule has 4 aromatic rings. The van der Waals surface area contributed by atoms with E-state index < -0.39 is 0 Å². The maximum Gasteiger partial charge on any atom is 0.280 e. The summed E-state index contributed by atoms with van der Waals surface area (Å²) in [6.45, 7) is 2.43. The molecule has 0 saturated carbocycles. The van der Waals surface area contributed by atoms with Crippen LogP contribution in [0.4, 0.5) is 5.13 Å². The molecule has 2 aromatic heterocycles. The Balaban J connectivity index is 1.44. The molecule has 1 aliphatic heterocycles. The number of nitrogens with one attached hydrogen (secondary N) is 1. The van der Waals surface area contributed by atoms with Crippen LogP contribution in [0.5, 0.6) is 5.75 Å². The van der Waals surface area contributed by atoms with Crippen LogP contribution in [0.25, 0.3) is 22.6 Å². The Kier molecular flexibility index (Phi) is 3.95. The van der Waals surface area contributed by atoms with Crippen LogP contribution in [0, 0.1) is 6.92 Å². The summed E-state index contributed by atoms with van der Waals surface area (Å²) in [7, 11) is 0. The third-order valence-corrected chi connectivity index (χ3v) is 5.43. The number of thiazole rings is 1. The first-order valence-corrected chi connectivity index (χ1v) is 9.54. The van der Waals surface area contributed by atoms with Gasteiger partial charge in [0.15, 0.2) is 23.0 Å². The lowest BCUT2D eigenvalue weighted by Crippen LogP contribution is -2.13. The molecule has 138 valence electrons. The lowest BCUT2D eigenvalue weighted by molar-refractivity contribution is 0.102. The summed E-state index contributed by atoms with van der Waals surface area (Å²) in [6.07, 6.45) is 1.28. The molecule has 28 heavy (non-hydrogen) atoms. The van der Waals surface area contributed by atoms with Crippen LogP contribution in [0.2, 0.25) is 0 Å². The van der Waals surface area contributed by atoms with Gasteiger partial charge in [0.2, 0.25) is 0 Å². The Morgan fingerprint density at radius 1 is 1.18 bits per heavy atom. The van der Waals surface area contributed by atoms with Crippen molar-refractivity contribution in [1.82, 2.24) is 9.97 Å². The van der Waals surface area contributed by atoms with E-state index in [4.69, 9.17) is 9.15 Å². The van der Waals surface area contributed by atoms with E-state index in [0.29, 0.717) is 17.5 Å². The summed E-state index contributed by atoms with van der Waals surface area (Å²) in [6, 6.07) is 15.5. The Morgan fingerprint density at radius 3 is 2.96 bits per heavy atom. The lowest BCUT2D eigenvalue weighted by Gasteiger charge is -2.15. The van der Waals surface area contributed by atoms with Gasteiger partial charge in [-0.25, -0.2) is 9.97 Å². The van der Waals surface area contributed by atoms with E-state index in [1.807, 2.05) is 55.5 Å². The van der Waals surface area contributed by atoms with Gasteiger partial charge >= 0.3 is 0 Å². The van der Waals surface area contributed by atoms with E-state index >= 15 is 0 Å². The minimum atomic E-state index is -0.356. The number of oxazole rings is 1. The van der Waals surface area contributed by atoms with Crippen LogP contribution in [0.15, 0.2) is 59.3 Å². The second-order valence-electron chi connectivity index (χ2n) is 6.43. The maximum absolute atomic E-state index is 12.8. The second-order valence-corrected chi connectivity index (χ2v) is 7.51. The van der Waals surface area contributed by atoms with E-state index in [1.165, 1.54) is 17.7 Å². The third-order valence-electron chi connectivity index (χ3n) is 4.48. The van der Waals surface area contributed by atoms with Crippen molar-refractivity contribution in [2.75, 3.05) is 5.32 Å². The highest BCUT2D eigenvalue weighted by Gasteiger charge is 2.24. The van der Waals surface area contributed by atoms with Crippen LogP contribution in [-0.4, -0.2) is 15.9 Å². The second kappa shape index (κ2) is 6.61. The molecule has 6 nitrogen and oxygen atoms in total. The number of carbonyl (C=O) groups excluding carboxylic acids is 1. The summed E-state index contributed by atoms with van der Waals surface area (Å²) in [5.74, 6) is 0.887.